The molecule has 0 aliphatic carbocycles. The number of likely N-dealkylation sites (tertiary alicyclic amines) is 1. The molecule has 9 heteroatoms. The number of rotatable bonds is 10. The molecule has 1 aromatic heterocycles. The van der Waals surface area contributed by atoms with Crippen LogP contribution in [0.15, 0.2) is 47.8 Å². The molecule has 4 rings (SSSR count). The van der Waals surface area contributed by atoms with Crippen molar-refractivity contribution < 1.29 is 19.8 Å². The van der Waals surface area contributed by atoms with E-state index < -0.39 is 24.0 Å². The zero-order valence-electron chi connectivity index (χ0n) is 23.1. The van der Waals surface area contributed by atoms with Crippen LogP contribution in [0.3, 0.4) is 0 Å². The lowest BCUT2D eigenvalue weighted by molar-refractivity contribution is -0.153. The molecule has 1 saturated heterocycles. The van der Waals surface area contributed by atoms with Gasteiger partial charge in [0, 0.05) is 24.9 Å². The molecule has 0 radical (unpaired) electrons. The Morgan fingerprint density at radius 3 is 2.56 bits per heavy atom. The summed E-state index contributed by atoms with van der Waals surface area (Å²) in [7, 11) is 4.00. The van der Waals surface area contributed by atoms with Crippen LogP contribution in [0.5, 0.6) is 0 Å². The van der Waals surface area contributed by atoms with E-state index in [0.29, 0.717) is 18.0 Å². The monoisotopic (exact) mass is 550 g/mol. The number of benzene rings is 2. The number of carbonyl (C=O) groups is 2. The maximum absolute atomic E-state index is 13.2. The largest absolute Gasteiger partial charge is 0.380 e. The Bertz CT molecular complexity index is 1290. The van der Waals surface area contributed by atoms with Crippen LogP contribution < -0.4 is 5.32 Å². The molecule has 0 spiro atoms. The van der Waals surface area contributed by atoms with Crippen molar-refractivity contribution in [3.8, 4) is 0 Å². The van der Waals surface area contributed by atoms with E-state index in [-0.39, 0.29) is 12.6 Å². The Balaban J connectivity index is 1.34. The van der Waals surface area contributed by atoms with Gasteiger partial charge in [-0.2, -0.15) is 0 Å². The molecule has 0 saturated carbocycles. The number of hydrogen-bond donors (Lipinski definition) is 3. The maximum atomic E-state index is 13.2. The van der Waals surface area contributed by atoms with E-state index in [0.717, 1.165) is 36.2 Å². The van der Waals surface area contributed by atoms with E-state index in [2.05, 4.69) is 47.2 Å². The molecule has 1 aliphatic rings. The molecule has 3 N–H and O–H groups in total. The molecule has 3 aromatic rings. The number of aromatic nitrogens is 1. The first-order valence-corrected chi connectivity index (χ1v) is 14.2. The Morgan fingerprint density at radius 2 is 1.85 bits per heavy atom. The molecule has 39 heavy (non-hydrogen) atoms. The summed E-state index contributed by atoms with van der Waals surface area (Å²) in [6, 6.07) is 14.1. The fourth-order valence-electron chi connectivity index (χ4n) is 5.18. The van der Waals surface area contributed by atoms with Gasteiger partial charge in [0.1, 0.15) is 5.01 Å². The molecule has 2 amide bonds. The van der Waals surface area contributed by atoms with Gasteiger partial charge >= 0.3 is 0 Å². The molecule has 8 nitrogen and oxygen atoms in total. The first kappa shape index (κ1) is 28.9. The first-order valence-electron chi connectivity index (χ1n) is 13.3. The second kappa shape index (κ2) is 12.8. The molecule has 1 aliphatic heterocycles. The Morgan fingerprint density at radius 1 is 1.13 bits per heavy atom. The minimum absolute atomic E-state index is 0.110. The maximum Gasteiger partial charge on any atom is 0.255 e. The van der Waals surface area contributed by atoms with Crippen LogP contribution in [0.4, 0.5) is 0 Å². The Labute approximate surface area is 234 Å². The summed E-state index contributed by atoms with van der Waals surface area (Å²) in [4.78, 5) is 34.1. The molecule has 208 valence electrons. The number of aliphatic hydroxyl groups excluding tert-OH is 2. The standard InChI is InChI=1S/C30H38N4O4S/c1-19-8-5-9-20(2)24(19)15-23-18-39-26(32-23)16-31-29(37)27(35)28(36)30(38)34-13-7-12-25(34)22-11-6-10-21(14-22)17-33(3)4/h5-6,8-11,14,18,25,27-28,35-36H,7,12-13,15-17H2,1-4H3,(H,31,37)/t25?,27-,28-/m1/s1. The van der Waals surface area contributed by atoms with E-state index in [1.807, 2.05) is 43.7 Å². The van der Waals surface area contributed by atoms with E-state index in [4.69, 9.17) is 0 Å². The summed E-state index contributed by atoms with van der Waals surface area (Å²) in [5.41, 5.74) is 6.69. The summed E-state index contributed by atoms with van der Waals surface area (Å²) in [6.45, 7) is 5.52. The van der Waals surface area contributed by atoms with Crippen LogP contribution in [-0.4, -0.2) is 69.7 Å². The average Bonchev–Trinajstić information content (AvgIpc) is 3.58. The van der Waals surface area contributed by atoms with Crippen LogP contribution in [0.1, 0.15) is 57.4 Å². The summed E-state index contributed by atoms with van der Waals surface area (Å²) in [6.07, 6.45) is -1.45. The number of thiazole rings is 1. The number of carbonyl (C=O) groups excluding carboxylic acids is 2. The van der Waals surface area contributed by atoms with E-state index in [1.165, 1.54) is 28.0 Å². The normalized spacial score (nSPS) is 16.9. The topological polar surface area (TPSA) is 106 Å². The fraction of sp³-hybridized carbons (Fsp3) is 0.433. The van der Waals surface area contributed by atoms with Gasteiger partial charge in [-0.3, -0.25) is 9.59 Å². The van der Waals surface area contributed by atoms with Crippen molar-refractivity contribution in [2.45, 2.75) is 64.4 Å². The lowest BCUT2D eigenvalue weighted by Gasteiger charge is -2.29. The summed E-state index contributed by atoms with van der Waals surface area (Å²) in [5, 5.41) is 26.4. The minimum atomic E-state index is -1.87. The average molecular weight is 551 g/mol. The van der Waals surface area contributed by atoms with Crippen molar-refractivity contribution in [3.05, 3.63) is 86.4 Å². The van der Waals surface area contributed by atoms with E-state index >= 15 is 0 Å². The number of nitrogens with zero attached hydrogens (tertiary/aromatic N) is 3. The third kappa shape index (κ3) is 7.10. The van der Waals surface area contributed by atoms with Gasteiger partial charge in [0.05, 0.1) is 18.3 Å². The summed E-state index contributed by atoms with van der Waals surface area (Å²) < 4.78 is 0. The summed E-state index contributed by atoms with van der Waals surface area (Å²) >= 11 is 1.42. The van der Waals surface area contributed by atoms with Gasteiger partial charge in [0.2, 0.25) is 0 Å². The molecular formula is C30H38N4O4S. The highest BCUT2D eigenvalue weighted by Crippen LogP contribution is 2.33. The van der Waals surface area contributed by atoms with Crippen molar-refractivity contribution in [2.75, 3.05) is 20.6 Å². The quantitative estimate of drug-likeness (QED) is 0.358. The molecule has 1 fully saturated rings. The number of aryl methyl sites for hydroxylation is 2. The highest BCUT2D eigenvalue weighted by Gasteiger charge is 2.38. The summed E-state index contributed by atoms with van der Waals surface area (Å²) in [5.74, 6) is -1.44. The van der Waals surface area contributed by atoms with Crippen molar-refractivity contribution in [1.29, 1.82) is 0 Å². The zero-order chi connectivity index (χ0) is 28.1. The van der Waals surface area contributed by atoms with Gasteiger partial charge in [-0.05, 0) is 68.6 Å². The predicted octanol–water partition coefficient (Wildman–Crippen LogP) is 3.11. The second-order valence-corrected chi connectivity index (χ2v) is 11.5. The third-order valence-corrected chi connectivity index (χ3v) is 8.10. The predicted molar refractivity (Wildman–Crippen MR) is 152 cm³/mol. The van der Waals surface area contributed by atoms with Crippen molar-refractivity contribution in [1.82, 2.24) is 20.1 Å². The first-order chi connectivity index (χ1) is 18.6. The SMILES string of the molecule is Cc1cccc(C)c1Cc1csc(CNC(=O)[C@H](O)[C@@H](O)C(=O)N2CCCC2c2cccc(CN(C)C)c2)n1. The van der Waals surface area contributed by atoms with Crippen LogP contribution in [-0.2, 0) is 29.1 Å². The molecule has 3 atom stereocenters. The molecule has 1 unspecified atom stereocenters. The molecular weight excluding hydrogens is 512 g/mol. The van der Waals surface area contributed by atoms with Gasteiger partial charge in [0.25, 0.3) is 11.8 Å². The fourth-order valence-corrected chi connectivity index (χ4v) is 5.91. The Hall–Kier alpha value is -3.11. The van der Waals surface area contributed by atoms with Gasteiger partial charge < -0.3 is 25.3 Å². The van der Waals surface area contributed by atoms with Gasteiger partial charge in [-0.25, -0.2) is 4.98 Å². The minimum Gasteiger partial charge on any atom is -0.380 e. The molecule has 0 bridgehead atoms. The second-order valence-electron chi connectivity index (χ2n) is 10.6. The number of nitrogens with one attached hydrogen (secondary N) is 1. The van der Waals surface area contributed by atoms with Crippen LogP contribution in [0, 0.1) is 13.8 Å². The van der Waals surface area contributed by atoms with Crippen LogP contribution >= 0.6 is 11.3 Å². The lowest BCUT2D eigenvalue weighted by atomic mass is 9.99. The molecule has 2 aromatic carbocycles. The lowest BCUT2D eigenvalue weighted by Crippen LogP contribution is -2.50. The van der Waals surface area contributed by atoms with Gasteiger partial charge in [-0.1, -0.05) is 42.5 Å². The van der Waals surface area contributed by atoms with Crippen molar-refractivity contribution in [3.63, 3.8) is 0 Å². The number of hydrogen-bond acceptors (Lipinski definition) is 7. The highest BCUT2D eigenvalue weighted by atomic mass is 32.1. The molecule has 2 heterocycles. The zero-order valence-corrected chi connectivity index (χ0v) is 23.9. The number of aliphatic hydroxyl groups is 2. The third-order valence-electron chi connectivity index (χ3n) is 7.21. The highest BCUT2D eigenvalue weighted by molar-refractivity contribution is 7.09. The van der Waals surface area contributed by atoms with Crippen LogP contribution in [0.2, 0.25) is 0 Å². The smallest absolute Gasteiger partial charge is 0.255 e. The van der Waals surface area contributed by atoms with Crippen molar-refractivity contribution in [2.24, 2.45) is 0 Å². The van der Waals surface area contributed by atoms with Crippen molar-refractivity contribution >= 4 is 23.2 Å². The van der Waals surface area contributed by atoms with Gasteiger partial charge in [0.15, 0.2) is 12.2 Å². The van der Waals surface area contributed by atoms with E-state index in [1.54, 1.807) is 4.90 Å². The van der Waals surface area contributed by atoms with Gasteiger partial charge in [-0.15, -0.1) is 11.3 Å². The number of amides is 2. The Kier molecular flexibility index (Phi) is 9.50. The van der Waals surface area contributed by atoms with E-state index in [9.17, 15) is 19.8 Å². The van der Waals surface area contributed by atoms with Crippen LogP contribution in [0.25, 0.3) is 0 Å².